The third kappa shape index (κ3) is 2.60. The van der Waals surface area contributed by atoms with E-state index < -0.39 is 16.6 Å². The summed E-state index contributed by atoms with van der Waals surface area (Å²) in [6.45, 7) is 0. The minimum absolute atomic E-state index is 0.0543. The van der Waals surface area contributed by atoms with Crippen LogP contribution in [0.4, 0.5) is 4.39 Å². The summed E-state index contributed by atoms with van der Waals surface area (Å²) >= 11 is 3.06. The zero-order chi connectivity index (χ0) is 15.1. The first-order valence-electron chi connectivity index (χ1n) is 6.31. The molecule has 2 aromatic rings. The highest BCUT2D eigenvalue weighted by atomic mass is 79.9. The summed E-state index contributed by atoms with van der Waals surface area (Å²) in [5.74, 6) is -0.104. The highest BCUT2D eigenvalue weighted by Crippen LogP contribution is 2.42. The van der Waals surface area contributed by atoms with E-state index in [-0.39, 0.29) is 26.6 Å². The number of carbonyl (C=O) groups is 1. The third-order valence-corrected chi connectivity index (χ3v) is 5.41. The molecule has 1 unspecified atom stereocenters. The van der Waals surface area contributed by atoms with Crippen LogP contribution in [0.5, 0.6) is 0 Å². The summed E-state index contributed by atoms with van der Waals surface area (Å²) in [4.78, 5) is 12.8. The van der Waals surface area contributed by atoms with Crippen molar-refractivity contribution in [1.82, 2.24) is 5.16 Å². The summed E-state index contributed by atoms with van der Waals surface area (Å²) < 4.78 is 30.7. The van der Waals surface area contributed by atoms with Crippen LogP contribution in [-0.4, -0.2) is 21.4 Å². The third-order valence-electron chi connectivity index (χ3n) is 3.37. The Morgan fingerprint density at radius 2 is 2.14 bits per heavy atom. The van der Waals surface area contributed by atoms with E-state index in [0.717, 1.165) is 12.8 Å². The molecule has 3 rings (SSSR count). The van der Waals surface area contributed by atoms with E-state index in [2.05, 4.69) is 21.1 Å². The molecule has 4 nitrogen and oxygen atoms in total. The Morgan fingerprint density at radius 1 is 1.43 bits per heavy atom. The molecule has 0 spiro atoms. The molecule has 0 saturated heterocycles. The van der Waals surface area contributed by atoms with Crippen molar-refractivity contribution in [3.05, 3.63) is 45.5 Å². The zero-order valence-electron chi connectivity index (χ0n) is 11.1. The van der Waals surface area contributed by atoms with Gasteiger partial charge in [0.05, 0.1) is 31.9 Å². The first-order chi connectivity index (χ1) is 10.0. The molecule has 0 N–H and O–H groups in total. The molecule has 1 fully saturated rings. The van der Waals surface area contributed by atoms with Gasteiger partial charge in [-0.15, -0.1) is 0 Å². The molecule has 0 bridgehead atoms. The van der Waals surface area contributed by atoms with Crippen LogP contribution in [0, 0.1) is 5.82 Å². The summed E-state index contributed by atoms with van der Waals surface area (Å²) in [5, 5.41) is 3.69. The van der Waals surface area contributed by atoms with Crippen LogP contribution >= 0.6 is 15.9 Å². The number of carbonyl (C=O) groups excluding carboxylic acids is 1. The first-order valence-corrected chi connectivity index (χ1v) is 8.66. The van der Waals surface area contributed by atoms with Gasteiger partial charge in [0.2, 0.25) is 0 Å². The predicted octanol–water partition coefficient (Wildman–Crippen LogP) is 3.42. The summed E-state index contributed by atoms with van der Waals surface area (Å²) in [6, 6.07) is 2.53. The molecule has 7 heteroatoms. The normalized spacial score (nSPS) is 16.0. The molecule has 0 amide bonds. The second kappa shape index (κ2) is 5.46. The molecule has 1 aliphatic carbocycles. The van der Waals surface area contributed by atoms with Crippen molar-refractivity contribution in [2.75, 3.05) is 6.26 Å². The van der Waals surface area contributed by atoms with Gasteiger partial charge in [0, 0.05) is 17.7 Å². The van der Waals surface area contributed by atoms with Crippen molar-refractivity contribution in [1.29, 1.82) is 0 Å². The second-order valence-corrected chi connectivity index (χ2v) is 7.01. The van der Waals surface area contributed by atoms with Gasteiger partial charge in [0.15, 0.2) is 11.5 Å². The Labute approximate surface area is 131 Å². The largest absolute Gasteiger partial charge is 0.360 e. The van der Waals surface area contributed by atoms with E-state index in [0.29, 0.717) is 11.3 Å². The number of rotatable bonds is 4. The maximum absolute atomic E-state index is 13.6. The summed E-state index contributed by atoms with van der Waals surface area (Å²) in [6.07, 6.45) is 4.71. The highest BCUT2D eigenvalue weighted by molar-refractivity contribution is 9.10. The van der Waals surface area contributed by atoms with Gasteiger partial charge in [0.1, 0.15) is 5.82 Å². The van der Waals surface area contributed by atoms with Crippen LogP contribution in [-0.2, 0) is 10.8 Å². The van der Waals surface area contributed by atoms with E-state index in [1.807, 2.05) is 0 Å². The standard InChI is InChI=1S/C14H11BrFNO3S/c1-21(19)14-8(4-5-10(16)11(14)15)12(18)9-6-17-20-13(9)7-2-3-7/h4-7H,2-3H2,1H3. The fourth-order valence-electron chi connectivity index (χ4n) is 2.20. The maximum atomic E-state index is 13.6. The lowest BCUT2D eigenvalue weighted by Crippen LogP contribution is -2.09. The lowest BCUT2D eigenvalue weighted by Gasteiger charge is -2.09. The number of hydrogen-bond acceptors (Lipinski definition) is 4. The molecule has 1 saturated carbocycles. The van der Waals surface area contributed by atoms with Gasteiger partial charge >= 0.3 is 0 Å². The molecule has 1 heterocycles. The average Bonchev–Trinajstić information content (AvgIpc) is 3.17. The fourth-order valence-corrected chi connectivity index (χ4v) is 4.05. The molecule has 0 radical (unpaired) electrons. The van der Waals surface area contributed by atoms with Gasteiger partial charge in [-0.05, 0) is 40.9 Å². The number of nitrogens with zero attached hydrogens (tertiary/aromatic N) is 1. The van der Waals surface area contributed by atoms with Crippen LogP contribution in [0.25, 0.3) is 0 Å². The van der Waals surface area contributed by atoms with Crippen molar-refractivity contribution in [3.63, 3.8) is 0 Å². The fraction of sp³-hybridized carbons (Fsp3) is 0.286. The van der Waals surface area contributed by atoms with Crippen molar-refractivity contribution >= 4 is 32.5 Å². The van der Waals surface area contributed by atoms with E-state index in [4.69, 9.17) is 4.52 Å². The first kappa shape index (κ1) is 14.6. The predicted molar refractivity (Wildman–Crippen MR) is 78.3 cm³/mol. The van der Waals surface area contributed by atoms with E-state index in [1.165, 1.54) is 24.6 Å². The zero-order valence-corrected chi connectivity index (χ0v) is 13.5. The molecular formula is C14H11BrFNO3S. The van der Waals surface area contributed by atoms with Gasteiger partial charge < -0.3 is 4.52 Å². The average molecular weight is 372 g/mol. The lowest BCUT2D eigenvalue weighted by atomic mass is 10.0. The Bertz CT molecular complexity index is 755. The molecule has 1 aromatic heterocycles. The van der Waals surface area contributed by atoms with Crippen molar-refractivity contribution < 1.29 is 17.9 Å². The Morgan fingerprint density at radius 3 is 2.76 bits per heavy atom. The molecule has 1 aromatic carbocycles. The number of benzene rings is 1. The maximum Gasteiger partial charge on any atom is 0.199 e. The van der Waals surface area contributed by atoms with Gasteiger partial charge in [-0.3, -0.25) is 9.00 Å². The van der Waals surface area contributed by atoms with E-state index in [1.54, 1.807) is 0 Å². The van der Waals surface area contributed by atoms with Crippen LogP contribution < -0.4 is 0 Å². The van der Waals surface area contributed by atoms with Crippen molar-refractivity contribution in [3.8, 4) is 0 Å². The van der Waals surface area contributed by atoms with E-state index >= 15 is 0 Å². The van der Waals surface area contributed by atoms with Gasteiger partial charge in [-0.2, -0.15) is 0 Å². The van der Waals surface area contributed by atoms with Crippen molar-refractivity contribution in [2.24, 2.45) is 0 Å². The molecule has 1 atom stereocenters. The number of halogens is 2. The van der Waals surface area contributed by atoms with E-state index in [9.17, 15) is 13.4 Å². The van der Waals surface area contributed by atoms with Crippen LogP contribution in [0.2, 0.25) is 0 Å². The number of ketones is 1. The monoisotopic (exact) mass is 371 g/mol. The van der Waals surface area contributed by atoms with Crippen LogP contribution in [0.1, 0.15) is 40.4 Å². The quantitative estimate of drug-likeness (QED) is 0.772. The molecular weight excluding hydrogens is 361 g/mol. The van der Waals surface area contributed by atoms with Crippen molar-refractivity contribution in [2.45, 2.75) is 23.7 Å². The molecule has 21 heavy (non-hydrogen) atoms. The minimum Gasteiger partial charge on any atom is -0.360 e. The SMILES string of the molecule is CS(=O)c1c(C(=O)c2cnoc2C2CC2)ccc(F)c1Br. The molecule has 1 aliphatic rings. The van der Waals surface area contributed by atoms with Crippen LogP contribution in [0.3, 0.4) is 0 Å². The summed E-state index contributed by atoms with van der Waals surface area (Å²) in [5.41, 5.74) is 0.567. The Hall–Kier alpha value is -1.34. The minimum atomic E-state index is -1.50. The van der Waals surface area contributed by atoms with Gasteiger partial charge in [-0.1, -0.05) is 5.16 Å². The molecule has 0 aliphatic heterocycles. The smallest absolute Gasteiger partial charge is 0.199 e. The highest BCUT2D eigenvalue weighted by Gasteiger charge is 2.33. The Balaban J connectivity index is 2.11. The van der Waals surface area contributed by atoms with Gasteiger partial charge in [0.25, 0.3) is 0 Å². The number of aromatic nitrogens is 1. The van der Waals surface area contributed by atoms with Crippen LogP contribution in [0.15, 0.2) is 32.2 Å². The lowest BCUT2D eigenvalue weighted by molar-refractivity contribution is 0.103. The topological polar surface area (TPSA) is 60.2 Å². The Kier molecular flexibility index (Phi) is 3.79. The summed E-state index contributed by atoms with van der Waals surface area (Å²) in [7, 11) is -1.50. The second-order valence-electron chi connectivity index (χ2n) is 4.90. The van der Waals surface area contributed by atoms with Gasteiger partial charge in [-0.25, -0.2) is 4.39 Å². The molecule has 110 valence electrons. The number of hydrogen-bond donors (Lipinski definition) is 0.